The van der Waals surface area contributed by atoms with E-state index in [1.165, 1.54) is 4.90 Å². The number of hydrogen-bond donors (Lipinski definition) is 1. The Morgan fingerprint density at radius 1 is 0.875 bits per heavy atom. The third-order valence-corrected chi connectivity index (χ3v) is 7.52. The highest BCUT2D eigenvalue weighted by Gasteiger charge is 2.62. The van der Waals surface area contributed by atoms with Gasteiger partial charge in [-0.15, -0.1) is 0 Å². The van der Waals surface area contributed by atoms with E-state index in [-0.39, 0.29) is 17.1 Å². The minimum atomic E-state index is -1.52. The van der Waals surface area contributed by atoms with Gasteiger partial charge in [0.1, 0.15) is 0 Å². The number of thioether (sulfide) groups is 1. The summed E-state index contributed by atoms with van der Waals surface area (Å²) >= 11 is 19.6. The maximum atomic E-state index is 13.7. The monoisotopic (exact) mass is 501 g/mol. The Morgan fingerprint density at radius 3 is 2.28 bits per heavy atom. The number of carbonyl (C=O) groups is 2. The third kappa shape index (κ3) is 3.15. The Kier molecular flexibility index (Phi) is 5.25. The lowest BCUT2D eigenvalue weighted by molar-refractivity contribution is -0.124. The lowest BCUT2D eigenvalue weighted by atomic mass is 9.89. The quantitative estimate of drug-likeness (QED) is 0.440. The summed E-state index contributed by atoms with van der Waals surface area (Å²) in [4.78, 5) is 29.5. The van der Waals surface area contributed by atoms with Gasteiger partial charge in [-0.25, -0.2) is 0 Å². The van der Waals surface area contributed by atoms with Crippen LogP contribution in [0.5, 0.6) is 0 Å². The molecule has 0 aromatic heterocycles. The van der Waals surface area contributed by atoms with Gasteiger partial charge in [-0.3, -0.25) is 14.5 Å². The molecule has 0 unspecified atom stereocenters. The van der Waals surface area contributed by atoms with Crippen molar-refractivity contribution in [3.05, 3.63) is 104 Å². The Hall–Kier alpha value is -2.44. The van der Waals surface area contributed by atoms with E-state index in [0.29, 0.717) is 31.9 Å². The molecule has 0 saturated heterocycles. The number of halogens is 3. The number of aliphatic hydroxyl groups is 1. The largest absolute Gasteiger partial charge is 0.502 e. The highest BCUT2D eigenvalue weighted by molar-refractivity contribution is 8.03. The second kappa shape index (κ2) is 7.85. The van der Waals surface area contributed by atoms with Crippen LogP contribution in [0.25, 0.3) is 0 Å². The van der Waals surface area contributed by atoms with Crippen LogP contribution in [0.2, 0.25) is 15.1 Å². The number of amides is 1. The highest BCUT2D eigenvalue weighted by atomic mass is 35.5. The maximum absolute atomic E-state index is 13.7. The van der Waals surface area contributed by atoms with E-state index in [2.05, 4.69) is 0 Å². The first-order chi connectivity index (χ1) is 15.3. The number of Topliss-reactive ketones (excluding diaryl/α,β-unsaturated/α-hetero) is 1. The van der Waals surface area contributed by atoms with Crippen LogP contribution in [0.3, 0.4) is 0 Å². The van der Waals surface area contributed by atoms with Crippen molar-refractivity contribution in [2.75, 3.05) is 4.90 Å². The van der Waals surface area contributed by atoms with Crippen molar-refractivity contribution in [3.63, 3.8) is 0 Å². The molecule has 8 heteroatoms. The summed E-state index contributed by atoms with van der Waals surface area (Å²) < 4.78 is 0. The molecule has 1 spiro atoms. The van der Waals surface area contributed by atoms with Crippen LogP contribution in [0.1, 0.15) is 11.1 Å². The number of aliphatic hydroxyl groups excluding tert-OH is 1. The highest BCUT2D eigenvalue weighted by Crippen LogP contribution is 2.56. The van der Waals surface area contributed by atoms with Crippen molar-refractivity contribution in [3.8, 4) is 0 Å². The van der Waals surface area contributed by atoms with Gasteiger partial charge in [0.2, 0.25) is 0 Å². The summed E-state index contributed by atoms with van der Waals surface area (Å²) in [5.41, 5.74) is 0.222. The van der Waals surface area contributed by atoms with Gasteiger partial charge in [-0.05, 0) is 65.7 Å². The number of nitrogens with zero attached hydrogens (tertiary/aromatic N) is 1. The van der Waals surface area contributed by atoms with Gasteiger partial charge < -0.3 is 5.11 Å². The summed E-state index contributed by atoms with van der Waals surface area (Å²) in [6.45, 7) is 0. The van der Waals surface area contributed by atoms with Crippen LogP contribution < -0.4 is 4.90 Å². The Morgan fingerprint density at radius 2 is 1.56 bits per heavy atom. The summed E-state index contributed by atoms with van der Waals surface area (Å²) in [6, 6.07) is 18.8. The van der Waals surface area contributed by atoms with Crippen molar-refractivity contribution < 1.29 is 14.7 Å². The van der Waals surface area contributed by atoms with E-state index in [9.17, 15) is 14.7 Å². The van der Waals surface area contributed by atoms with Gasteiger partial charge >= 0.3 is 0 Å². The van der Waals surface area contributed by atoms with Gasteiger partial charge in [-0.2, -0.15) is 0 Å². The summed E-state index contributed by atoms with van der Waals surface area (Å²) in [5, 5.41) is 12.5. The van der Waals surface area contributed by atoms with E-state index in [0.717, 1.165) is 16.7 Å². The molecule has 1 amide bonds. The van der Waals surface area contributed by atoms with Crippen molar-refractivity contribution in [2.45, 2.75) is 16.9 Å². The Balaban J connectivity index is 1.77. The topological polar surface area (TPSA) is 57.6 Å². The zero-order valence-electron chi connectivity index (χ0n) is 16.3. The molecular formula is C24H14Cl3NO3S. The molecule has 1 atom stereocenters. The first-order valence-electron chi connectivity index (χ1n) is 9.62. The van der Waals surface area contributed by atoms with Crippen molar-refractivity contribution in [2.24, 2.45) is 0 Å². The standard InChI is InChI=1S/C24H14Cl3NO3S/c25-14-4-7-18(8-5-14)32-22-21(30)23(31)28(17-3-1-2-15(26)12-17)24(22)19-9-6-16(27)10-13(19)11-20(24)29/h1-10,12,30H,11H2/t24-/m0/s1. The van der Waals surface area contributed by atoms with Gasteiger partial charge in [0.15, 0.2) is 17.1 Å². The first kappa shape index (κ1) is 21.4. The van der Waals surface area contributed by atoms with Crippen LogP contribution in [0, 0.1) is 0 Å². The number of anilines is 1. The van der Waals surface area contributed by atoms with Gasteiger partial charge in [-0.1, -0.05) is 58.7 Å². The van der Waals surface area contributed by atoms with E-state index in [1.807, 2.05) is 0 Å². The average Bonchev–Trinajstić information content (AvgIpc) is 3.15. The van der Waals surface area contributed by atoms with E-state index in [4.69, 9.17) is 34.8 Å². The number of fused-ring (bicyclic) bond motifs is 2. The molecule has 0 bridgehead atoms. The number of carbonyl (C=O) groups excluding carboxylic acids is 2. The van der Waals surface area contributed by atoms with Crippen LogP contribution in [0.15, 0.2) is 82.3 Å². The van der Waals surface area contributed by atoms with Gasteiger partial charge in [0.05, 0.1) is 4.91 Å². The molecule has 1 N–H and O–H groups in total. The Bertz CT molecular complexity index is 1320. The van der Waals surface area contributed by atoms with Gasteiger partial charge in [0, 0.05) is 32.1 Å². The predicted octanol–water partition coefficient (Wildman–Crippen LogP) is 6.58. The second-order valence-corrected chi connectivity index (χ2v) is 9.86. The molecule has 1 aliphatic heterocycles. The molecule has 0 saturated carbocycles. The summed E-state index contributed by atoms with van der Waals surface area (Å²) in [7, 11) is 0. The van der Waals surface area contributed by atoms with Gasteiger partial charge in [0.25, 0.3) is 5.91 Å². The molecule has 32 heavy (non-hydrogen) atoms. The van der Waals surface area contributed by atoms with E-state index < -0.39 is 17.2 Å². The fourth-order valence-corrected chi connectivity index (χ4v) is 5.96. The molecule has 3 aromatic rings. The third-order valence-electron chi connectivity index (χ3n) is 5.60. The summed E-state index contributed by atoms with van der Waals surface area (Å²) in [5.74, 6) is -1.37. The van der Waals surface area contributed by atoms with Crippen LogP contribution in [-0.2, 0) is 21.5 Å². The summed E-state index contributed by atoms with van der Waals surface area (Å²) in [6.07, 6.45) is 0.0815. The molecule has 0 fully saturated rings. The first-order valence-corrected chi connectivity index (χ1v) is 11.6. The van der Waals surface area contributed by atoms with Crippen LogP contribution in [0.4, 0.5) is 5.69 Å². The van der Waals surface area contributed by atoms with Crippen LogP contribution >= 0.6 is 46.6 Å². The number of ketones is 1. The zero-order chi connectivity index (χ0) is 22.6. The zero-order valence-corrected chi connectivity index (χ0v) is 19.4. The molecule has 3 aromatic carbocycles. The number of hydrogen-bond acceptors (Lipinski definition) is 4. The molecular weight excluding hydrogens is 489 g/mol. The minimum Gasteiger partial charge on any atom is -0.502 e. The second-order valence-electron chi connectivity index (χ2n) is 7.47. The molecule has 1 aliphatic carbocycles. The van der Waals surface area contributed by atoms with E-state index >= 15 is 0 Å². The molecule has 1 heterocycles. The SMILES string of the molecule is O=C1C(O)=C(Sc2ccc(Cl)cc2)[C@]2(C(=O)Cc3cc(Cl)ccc32)N1c1cccc(Cl)c1. The average molecular weight is 503 g/mol. The molecule has 5 rings (SSSR count). The predicted molar refractivity (Wildman–Crippen MR) is 128 cm³/mol. The molecule has 4 nitrogen and oxygen atoms in total. The Labute approximate surface area is 203 Å². The molecule has 160 valence electrons. The van der Waals surface area contributed by atoms with E-state index in [1.54, 1.807) is 66.7 Å². The fraction of sp³-hybridized carbons (Fsp3) is 0.0833. The molecule has 0 radical (unpaired) electrons. The lowest BCUT2D eigenvalue weighted by Gasteiger charge is -2.36. The molecule has 2 aliphatic rings. The minimum absolute atomic E-state index is 0.0815. The maximum Gasteiger partial charge on any atom is 0.295 e. The van der Waals surface area contributed by atoms with Crippen molar-refractivity contribution in [1.29, 1.82) is 0 Å². The normalized spacial score (nSPS) is 19.9. The number of rotatable bonds is 3. The fourth-order valence-electron chi connectivity index (χ4n) is 4.30. The van der Waals surface area contributed by atoms with Crippen molar-refractivity contribution in [1.82, 2.24) is 0 Å². The lowest BCUT2D eigenvalue weighted by Crippen LogP contribution is -2.49. The van der Waals surface area contributed by atoms with Crippen LogP contribution in [-0.4, -0.2) is 16.8 Å². The number of benzene rings is 3. The van der Waals surface area contributed by atoms with Crippen molar-refractivity contribution >= 4 is 63.9 Å². The smallest absolute Gasteiger partial charge is 0.295 e.